The summed E-state index contributed by atoms with van der Waals surface area (Å²) >= 11 is 6.01. The van der Waals surface area contributed by atoms with Gasteiger partial charge < -0.3 is 4.42 Å². The number of halogens is 1. The monoisotopic (exact) mass is 445 g/mol. The lowest BCUT2D eigenvalue weighted by Gasteiger charge is -2.33. The van der Waals surface area contributed by atoms with Gasteiger partial charge >= 0.3 is 0 Å². The molecule has 5 rings (SSSR count). The number of rotatable bonds is 4. The van der Waals surface area contributed by atoms with E-state index < -0.39 is 10.0 Å². The quantitative estimate of drug-likeness (QED) is 0.610. The predicted molar refractivity (Wildman–Crippen MR) is 116 cm³/mol. The zero-order chi connectivity index (χ0) is 20.7. The first-order valence-corrected chi connectivity index (χ1v) is 12.2. The van der Waals surface area contributed by atoms with Crippen LogP contribution in [0.15, 0.2) is 45.7 Å². The Morgan fingerprint density at radius 3 is 2.53 bits per heavy atom. The van der Waals surface area contributed by atoms with Crippen LogP contribution in [0.3, 0.4) is 0 Å². The van der Waals surface area contributed by atoms with Gasteiger partial charge in [-0.2, -0.15) is 4.31 Å². The lowest BCUT2D eigenvalue weighted by Crippen LogP contribution is -2.48. The summed E-state index contributed by atoms with van der Waals surface area (Å²) < 4.78 is 33.7. The number of sulfonamides is 1. The highest BCUT2D eigenvalue weighted by Crippen LogP contribution is 2.27. The second-order valence-corrected chi connectivity index (χ2v) is 10.4. The summed E-state index contributed by atoms with van der Waals surface area (Å²) in [6.45, 7) is 2.77. The Bertz CT molecular complexity index is 1180. The first kappa shape index (κ1) is 20.0. The van der Waals surface area contributed by atoms with Gasteiger partial charge in [0.2, 0.25) is 15.9 Å². The number of benzene rings is 2. The first-order valence-electron chi connectivity index (χ1n) is 10.4. The molecule has 1 fully saturated rings. The van der Waals surface area contributed by atoms with Crippen molar-refractivity contribution in [3.8, 4) is 0 Å². The fourth-order valence-electron chi connectivity index (χ4n) is 4.35. The Hall–Kier alpha value is -1.93. The molecule has 0 atom stereocenters. The lowest BCUT2D eigenvalue weighted by atomic mass is 9.92. The second-order valence-electron chi connectivity index (χ2n) is 8.04. The molecule has 0 radical (unpaired) electrons. The van der Waals surface area contributed by atoms with Crippen LogP contribution in [-0.2, 0) is 29.4 Å². The van der Waals surface area contributed by atoms with E-state index in [1.807, 2.05) is 18.2 Å². The van der Waals surface area contributed by atoms with E-state index in [4.69, 9.17) is 16.0 Å². The third-order valence-corrected chi connectivity index (χ3v) is 8.17. The molecule has 0 unspecified atom stereocenters. The van der Waals surface area contributed by atoms with Gasteiger partial charge in [-0.05, 0) is 61.1 Å². The van der Waals surface area contributed by atoms with Gasteiger partial charge in [-0.1, -0.05) is 17.7 Å². The molecule has 1 aliphatic heterocycles. The summed E-state index contributed by atoms with van der Waals surface area (Å²) in [5, 5.41) is 0.617. The number of aromatic nitrogens is 1. The van der Waals surface area contributed by atoms with Crippen LogP contribution < -0.4 is 0 Å². The van der Waals surface area contributed by atoms with E-state index in [0.29, 0.717) is 54.1 Å². The molecule has 3 aromatic rings. The standard InChI is InChI=1S/C22H24ClN3O3S/c23-18-6-8-20-21(14-18)29-22(24-20)15-25-9-11-26(12-10-25)30(27,28)19-7-5-16-3-1-2-4-17(16)13-19/h5-8,13-14H,1-4,9-12,15H2. The normalized spacial score (nSPS) is 18.6. The zero-order valence-corrected chi connectivity index (χ0v) is 18.3. The molecule has 0 N–H and O–H groups in total. The van der Waals surface area contributed by atoms with Gasteiger partial charge in [0, 0.05) is 37.3 Å². The molecular weight excluding hydrogens is 422 g/mol. The Kier molecular flexibility index (Phi) is 5.31. The average Bonchev–Trinajstić information content (AvgIpc) is 3.15. The average molecular weight is 446 g/mol. The summed E-state index contributed by atoms with van der Waals surface area (Å²) in [5.41, 5.74) is 3.94. The summed E-state index contributed by atoms with van der Waals surface area (Å²) in [7, 11) is -3.46. The molecule has 8 heteroatoms. The highest BCUT2D eigenvalue weighted by Gasteiger charge is 2.29. The fraction of sp³-hybridized carbons (Fsp3) is 0.409. The molecule has 2 aromatic carbocycles. The van der Waals surface area contributed by atoms with Crippen LogP contribution in [0.25, 0.3) is 11.1 Å². The molecule has 6 nitrogen and oxygen atoms in total. The number of aryl methyl sites for hydroxylation is 2. The Labute approximate surface area is 181 Å². The van der Waals surface area contributed by atoms with Gasteiger partial charge in [0.05, 0.1) is 11.4 Å². The largest absolute Gasteiger partial charge is 0.439 e. The van der Waals surface area contributed by atoms with E-state index in [-0.39, 0.29) is 0 Å². The SMILES string of the molecule is O=S(=O)(c1ccc2c(c1)CCCC2)N1CCN(Cc2nc3ccc(Cl)cc3o2)CC1. The lowest BCUT2D eigenvalue weighted by molar-refractivity contribution is 0.169. The van der Waals surface area contributed by atoms with Crippen LogP contribution >= 0.6 is 11.6 Å². The maximum Gasteiger partial charge on any atom is 0.243 e. The summed E-state index contributed by atoms with van der Waals surface area (Å²) in [4.78, 5) is 7.10. The molecular formula is C22H24ClN3O3S. The van der Waals surface area contributed by atoms with Gasteiger partial charge in [0.15, 0.2) is 5.58 Å². The van der Waals surface area contributed by atoms with Crippen molar-refractivity contribution in [2.75, 3.05) is 26.2 Å². The number of fused-ring (bicyclic) bond motifs is 2. The molecule has 2 heterocycles. The second kappa shape index (κ2) is 7.96. The van der Waals surface area contributed by atoms with E-state index >= 15 is 0 Å². The molecule has 30 heavy (non-hydrogen) atoms. The maximum atomic E-state index is 13.2. The molecule has 0 saturated carbocycles. The van der Waals surface area contributed by atoms with Crippen molar-refractivity contribution in [2.45, 2.75) is 37.1 Å². The van der Waals surface area contributed by atoms with Gasteiger partial charge in [-0.3, -0.25) is 4.90 Å². The van der Waals surface area contributed by atoms with Crippen LogP contribution in [-0.4, -0.2) is 48.8 Å². The van der Waals surface area contributed by atoms with Crippen LogP contribution in [0.4, 0.5) is 0 Å². The minimum Gasteiger partial charge on any atom is -0.439 e. The van der Waals surface area contributed by atoms with Crippen LogP contribution in [0.5, 0.6) is 0 Å². The Balaban J connectivity index is 1.25. The highest BCUT2D eigenvalue weighted by atomic mass is 35.5. The summed E-state index contributed by atoms with van der Waals surface area (Å²) in [5.74, 6) is 0.623. The number of hydrogen-bond donors (Lipinski definition) is 0. The molecule has 0 amide bonds. The fourth-order valence-corrected chi connectivity index (χ4v) is 5.99. The maximum absolute atomic E-state index is 13.2. The van der Waals surface area contributed by atoms with Gasteiger partial charge in [0.1, 0.15) is 5.52 Å². The van der Waals surface area contributed by atoms with E-state index in [1.165, 1.54) is 17.5 Å². The van der Waals surface area contributed by atoms with E-state index in [2.05, 4.69) is 9.88 Å². The van der Waals surface area contributed by atoms with Crippen molar-refractivity contribution in [1.82, 2.24) is 14.2 Å². The zero-order valence-electron chi connectivity index (χ0n) is 16.7. The molecule has 0 spiro atoms. The van der Waals surface area contributed by atoms with Crippen molar-refractivity contribution in [2.24, 2.45) is 0 Å². The number of oxazole rings is 1. The molecule has 1 aromatic heterocycles. The van der Waals surface area contributed by atoms with Crippen molar-refractivity contribution in [3.05, 3.63) is 58.4 Å². The summed E-state index contributed by atoms with van der Waals surface area (Å²) in [6.07, 6.45) is 4.35. The predicted octanol–water partition coefficient (Wildman–Crippen LogP) is 3.87. The molecule has 1 saturated heterocycles. The van der Waals surface area contributed by atoms with Crippen molar-refractivity contribution < 1.29 is 12.8 Å². The van der Waals surface area contributed by atoms with E-state index in [9.17, 15) is 8.42 Å². The van der Waals surface area contributed by atoms with Crippen LogP contribution in [0.2, 0.25) is 5.02 Å². The van der Waals surface area contributed by atoms with Gasteiger partial charge in [0.25, 0.3) is 0 Å². The minimum absolute atomic E-state index is 0.424. The van der Waals surface area contributed by atoms with Crippen molar-refractivity contribution in [3.63, 3.8) is 0 Å². The number of nitrogens with zero attached hydrogens (tertiary/aromatic N) is 3. The molecule has 1 aliphatic carbocycles. The Morgan fingerprint density at radius 2 is 1.73 bits per heavy atom. The smallest absolute Gasteiger partial charge is 0.243 e. The van der Waals surface area contributed by atoms with Crippen molar-refractivity contribution in [1.29, 1.82) is 0 Å². The third-order valence-electron chi connectivity index (χ3n) is 6.04. The first-order chi connectivity index (χ1) is 14.5. The molecule has 158 valence electrons. The van der Waals surface area contributed by atoms with Crippen LogP contribution in [0, 0.1) is 0 Å². The van der Waals surface area contributed by atoms with Gasteiger partial charge in [-0.25, -0.2) is 13.4 Å². The van der Waals surface area contributed by atoms with Crippen molar-refractivity contribution >= 4 is 32.7 Å². The third kappa shape index (κ3) is 3.87. The van der Waals surface area contributed by atoms with E-state index in [0.717, 1.165) is 24.8 Å². The van der Waals surface area contributed by atoms with Gasteiger partial charge in [-0.15, -0.1) is 0 Å². The number of piperazine rings is 1. The highest BCUT2D eigenvalue weighted by molar-refractivity contribution is 7.89. The topological polar surface area (TPSA) is 66.7 Å². The Morgan fingerprint density at radius 1 is 0.967 bits per heavy atom. The molecule has 0 bridgehead atoms. The minimum atomic E-state index is -3.46. The van der Waals surface area contributed by atoms with E-state index in [1.54, 1.807) is 22.5 Å². The number of hydrogen-bond acceptors (Lipinski definition) is 5. The summed E-state index contributed by atoms with van der Waals surface area (Å²) in [6, 6.07) is 11.1. The molecule has 2 aliphatic rings. The van der Waals surface area contributed by atoms with Crippen LogP contribution in [0.1, 0.15) is 29.9 Å².